The topological polar surface area (TPSA) is 45.6 Å². The summed E-state index contributed by atoms with van der Waals surface area (Å²) in [6.45, 7) is 9.63. The SMILES string of the molecule is CC(C)(C)[C@H]1C[C@@H](O)CC2(CCN(Cc3cccnc3)CC2)O1. The van der Waals surface area contributed by atoms with Gasteiger partial charge in [0.2, 0.25) is 0 Å². The van der Waals surface area contributed by atoms with Crippen molar-refractivity contribution in [1.82, 2.24) is 9.88 Å². The second kappa shape index (κ2) is 6.50. The Hall–Kier alpha value is -0.970. The lowest BCUT2D eigenvalue weighted by Gasteiger charge is -2.50. The number of rotatable bonds is 2. The zero-order valence-corrected chi connectivity index (χ0v) is 14.7. The molecule has 1 N–H and O–H groups in total. The van der Waals surface area contributed by atoms with E-state index in [4.69, 9.17) is 4.74 Å². The molecule has 1 aromatic heterocycles. The lowest BCUT2D eigenvalue weighted by atomic mass is 9.76. The molecule has 0 amide bonds. The number of hydrogen-bond donors (Lipinski definition) is 1. The summed E-state index contributed by atoms with van der Waals surface area (Å²) in [5, 5.41) is 10.4. The van der Waals surface area contributed by atoms with E-state index in [9.17, 15) is 5.11 Å². The molecule has 4 nitrogen and oxygen atoms in total. The quantitative estimate of drug-likeness (QED) is 0.910. The number of aliphatic hydroxyl groups is 1. The Kier molecular flexibility index (Phi) is 4.77. The molecular weight excluding hydrogens is 288 g/mol. The highest BCUT2D eigenvalue weighted by Crippen LogP contribution is 2.42. The number of likely N-dealkylation sites (tertiary alicyclic amines) is 1. The van der Waals surface area contributed by atoms with Crippen LogP contribution in [0, 0.1) is 5.41 Å². The molecule has 0 bridgehead atoms. The van der Waals surface area contributed by atoms with Gasteiger partial charge in [0.15, 0.2) is 0 Å². The van der Waals surface area contributed by atoms with Crippen LogP contribution in [0.15, 0.2) is 24.5 Å². The molecule has 2 saturated heterocycles. The van der Waals surface area contributed by atoms with Crippen LogP contribution in [0.3, 0.4) is 0 Å². The molecule has 0 radical (unpaired) electrons. The number of ether oxygens (including phenoxy) is 1. The number of piperidine rings is 1. The third-order valence-corrected chi connectivity index (χ3v) is 5.35. The minimum Gasteiger partial charge on any atom is -0.393 e. The van der Waals surface area contributed by atoms with Crippen LogP contribution in [0.2, 0.25) is 0 Å². The van der Waals surface area contributed by atoms with Crippen molar-refractivity contribution in [1.29, 1.82) is 0 Å². The van der Waals surface area contributed by atoms with Crippen LogP contribution in [-0.4, -0.2) is 45.9 Å². The van der Waals surface area contributed by atoms with Crippen molar-refractivity contribution in [2.75, 3.05) is 13.1 Å². The molecule has 0 aliphatic carbocycles. The van der Waals surface area contributed by atoms with E-state index in [0.29, 0.717) is 0 Å². The number of nitrogens with zero attached hydrogens (tertiary/aromatic N) is 2. The zero-order chi connectivity index (χ0) is 16.5. The maximum Gasteiger partial charge on any atom is 0.0735 e. The first-order chi connectivity index (χ1) is 10.9. The summed E-state index contributed by atoms with van der Waals surface area (Å²) in [4.78, 5) is 6.67. The summed E-state index contributed by atoms with van der Waals surface area (Å²) >= 11 is 0. The first-order valence-corrected chi connectivity index (χ1v) is 8.83. The van der Waals surface area contributed by atoms with Crippen molar-refractivity contribution in [3.8, 4) is 0 Å². The molecule has 2 atom stereocenters. The normalized spacial score (nSPS) is 28.9. The zero-order valence-electron chi connectivity index (χ0n) is 14.7. The lowest BCUT2D eigenvalue weighted by Crippen LogP contribution is -2.55. The maximum absolute atomic E-state index is 10.4. The highest BCUT2D eigenvalue weighted by atomic mass is 16.5. The fourth-order valence-corrected chi connectivity index (χ4v) is 3.88. The van der Waals surface area contributed by atoms with Gasteiger partial charge in [-0.2, -0.15) is 0 Å². The maximum atomic E-state index is 10.4. The van der Waals surface area contributed by atoms with Gasteiger partial charge in [-0.05, 0) is 29.9 Å². The molecule has 2 aliphatic heterocycles. The van der Waals surface area contributed by atoms with Crippen LogP contribution in [-0.2, 0) is 11.3 Å². The smallest absolute Gasteiger partial charge is 0.0735 e. The summed E-state index contributed by atoms with van der Waals surface area (Å²) in [7, 11) is 0. The molecule has 1 aromatic rings. The van der Waals surface area contributed by atoms with Crippen LogP contribution in [0.5, 0.6) is 0 Å². The summed E-state index contributed by atoms with van der Waals surface area (Å²) < 4.78 is 6.55. The highest BCUT2D eigenvalue weighted by molar-refractivity contribution is 5.08. The predicted octanol–water partition coefficient (Wildman–Crippen LogP) is 3.00. The monoisotopic (exact) mass is 318 g/mol. The van der Waals surface area contributed by atoms with Crippen LogP contribution in [0.1, 0.15) is 52.0 Å². The molecule has 0 aromatic carbocycles. The first-order valence-electron chi connectivity index (χ1n) is 8.83. The van der Waals surface area contributed by atoms with Gasteiger partial charge in [-0.25, -0.2) is 0 Å². The van der Waals surface area contributed by atoms with E-state index in [1.165, 1.54) is 5.56 Å². The van der Waals surface area contributed by atoms with E-state index in [2.05, 4.69) is 36.7 Å². The van der Waals surface area contributed by atoms with Crippen molar-refractivity contribution in [3.05, 3.63) is 30.1 Å². The Balaban J connectivity index is 1.60. The minimum atomic E-state index is -0.224. The van der Waals surface area contributed by atoms with Gasteiger partial charge in [0.1, 0.15) is 0 Å². The van der Waals surface area contributed by atoms with E-state index in [1.807, 2.05) is 18.5 Å². The lowest BCUT2D eigenvalue weighted by molar-refractivity contribution is -0.207. The molecule has 3 heterocycles. The fraction of sp³-hybridized carbons (Fsp3) is 0.737. The van der Waals surface area contributed by atoms with Gasteiger partial charge in [0, 0.05) is 44.9 Å². The molecule has 3 rings (SSSR count). The molecule has 2 aliphatic rings. The molecule has 23 heavy (non-hydrogen) atoms. The molecule has 2 fully saturated rings. The number of aliphatic hydroxyl groups excluding tert-OH is 1. The van der Waals surface area contributed by atoms with Gasteiger partial charge in [-0.1, -0.05) is 26.8 Å². The number of pyridine rings is 1. The first kappa shape index (κ1) is 16.9. The van der Waals surface area contributed by atoms with E-state index < -0.39 is 0 Å². The Bertz CT molecular complexity index is 504. The highest BCUT2D eigenvalue weighted by Gasteiger charge is 2.46. The summed E-state index contributed by atoms with van der Waals surface area (Å²) in [5.74, 6) is 0. The van der Waals surface area contributed by atoms with E-state index in [-0.39, 0.29) is 23.2 Å². The third-order valence-electron chi connectivity index (χ3n) is 5.35. The Morgan fingerprint density at radius 1 is 1.35 bits per heavy atom. The van der Waals surface area contributed by atoms with Gasteiger partial charge in [0.05, 0.1) is 17.8 Å². The van der Waals surface area contributed by atoms with Gasteiger partial charge in [0.25, 0.3) is 0 Å². The molecule has 1 spiro atoms. The fourth-order valence-electron chi connectivity index (χ4n) is 3.88. The van der Waals surface area contributed by atoms with Crippen molar-refractivity contribution < 1.29 is 9.84 Å². The van der Waals surface area contributed by atoms with Gasteiger partial charge < -0.3 is 9.84 Å². The van der Waals surface area contributed by atoms with Gasteiger partial charge in [-0.3, -0.25) is 9.88 Å². The summed E-state index contributed by atoms with van der Waals surface area (Å²) in [5.41, 5.74) is 1.23. The van der Waals surface area contributed by atoms with E-state index >= 15 is 0 Å². The standard InChI is InChI=1S/C19H30N2O2/c1-18(2,3)17-11-16(22)12-19(23-17)6-9-21(10-7-19)14-15-5-4-8-20-13-15/h4-5,8,13,16-17,22H,6-7,9-12,14H2,1-3H3/t16-,17-/m1/s1. The molecular formula is C19H30N2O2. The van der Waals surface area contributed by atoms with Gasteiger partial charge >= 0.3 is 0 Å². The van der Waals surface area contributed by atoms with Crippen molar-refractivity contribution in [3.63, 3.8) is 0 Å². The Morgan fingerprint density at radius 2 is 2.09 bits per heavy atom. The van der Waals surface area contributed by atoms with E-state index in [0.717, 1.165) is 45.3 Å². The van der Waals surface area contributed by atoms with Crippen LogP contribution < -0.4 is 0 Å². The largest absolute Gasteiger partial charge is 0.393 e. The number of hydrogen-bond acceptors (Lipinski definition) is 4. The Labute approximate surface area is 139 Å². The molecule has 128 valence electrons. The second-order valence-corrected chi connectivity index (χ2v) is 8.39. The van der Waals surface area contributed by atoms with Crippen LogP contribution in [0.4, 0.5) is 0 Å². The summed E-state index contributed by atoms with van der Waals surface area (Å²) in [6, 6.07) is 4.13. The average Bonchev–Trinajstić information content (AvgIpc) is 2.49. The summed E-state index contributed by atoms with van der Waals surface area (Å²) in [6.07, 6.45) is 7.27. The second-order valence-electron chi connectivity index (χ2n) is 8.39. The third kappa shape index (κ3) is 4.11. The minimum absolute atomic E-state index is 0.0846. The average molecular weight is 318 g/mol. The van der Waals surface area contributed by atoms with Crippen LogP contribution in [0.25, 0.3) is 0 Å². The predicted molar refractivity (Wildman–Crippen MR) is 91.0 cm³/mol. The van der Waals surface area contributed by atoms with Gasteiger partial charge in [-0.15, -0.1) is 0 Å². The molecule has 0 saturated carbocycles. The van der Waals surface area contributed by atoms with Crippen LogP contribution >= 0.6 is 0 Å². The Morgan fingerprint density at radius 3 is 2.70 bits per heavy atom. The van der Waals surface area contributed by atoms with Crippen molar-refractivity contribution in [2.24, 2.45) is 5.41 Å². The number of aromatic nitrogens is 1. The molecule has 4 heteroatoms. The van der Waals surface area contributed by atoms with E-state index in [1.54, 1.807) is 0 Å². The van der Waals surface area contributed by atoms with Crippen molar-refractivity contribution in [2.45, 2.75) is 70.8 Å². The van der Waals surface area contributed by atoms with Crippen molar-refractivity contribution >= 4 is 0 Å². The molecule has 0 unspecified atom stereocenters.